The van der Waals surface area contributed by atoms with Gasteiger partial charge >= 0.3 is 0 Å². The number of methoxy groups -OCH3 is 2. The zero-order valence-electron chi connectivity index (χ0n) is 18.7. The monoisotopic (exact) mass is 425 g/mol. The summed E-state index contributed by atoms with van der Waals surface area (Å²) in [6.07, 6.45) is 3.06. The van der Waals surface area contributed by atoms with Crippen molar-refractivity contribution >= 4 is 23.2 Å². The van der Waals surface area contributed by atoms with E-state index in [4.69, 9.17) is 9.47 Å². The van der Waals surface area contributed by atoms with Crippen molar-refractivity contribution in [1.29, 1.82) is 0 Å². The Morgan fingerprint density at radius 3 is 2.26 bits per heavy atom. The molecule has 1 aliphatic heterocycles. The van der Waals surface area contributed by atoms with Gasteiger partial charge in [0.05, 0.1) is 19.8 Å². The van der Waals surface area contributed by atoms with E-state index in [-0.39, 0.29) is 17.9 Å². The average molecular weight is 426 g/mol. The third-order valence-corrected chi connectivity index (χ3v) is 5.59. The fourth-order valence-electron chi connectivity index (χ4n) is 3.70. The predicted molar refractivity (Wildman–Crippen MR) is 123 cm³/mol. The highest BCUT2D eigenvalue weighted by atomic mass is 16.5. The first-order valence-corrected chi connectivity index (χ1v) is 10.7. The number of nitrogens with zero attached hydrogens (tertiary/aromatic N) is 1. The predicted octanol–water partition coefficient (Wildman–Crippen LogP) is 4.08. The summed E-state index contributed by atoms with van der Waals surface area (Å²) < 4.78 is 10.7. The molecule has 0 saturated carbocycles. The molecule has 0 spiro atoms. The van der Waals surface area contributed by atoms with Crippen molar-refractivity contribution in [2.45, 2.75) is 39.2 Å². The standard InChI is InChI=1S/C24H31N3O4/c1-5-16(2)25-23(28)18-15-17(11-12-19(18)27-13-6-7-14-27)26-24(29)22-20(30-3)9-8-10-21(22)31-4/h8-12,15-16H,5-7,13-14H2,1-4H3,(H,25,28)(H,26,29). The van der Waals surface area contributed by atoms with Gasteiger partial charge in [-0.25, -0.2) is 0 Å². The summed E-state index contributed by atoms with van der Waals surface area (Å²) in [6.45, 7) is 5.86. The Balaban J connectivity index is 1.93. The second kappa shape index (κ2) is 10.2. The smallest absolute Gasteiger partial charge is 0.263 e. The molecule has 1 heterocycles. The SMILES string of the molecule is CCC(C)NC(=O)c1cc(NC(=O)c2c(OC)cccc2OC)ccc1N1CCCC1. The number of hydrogen-bond donors (Lipinski definition) is 2. The zero-order chi connectivity index (χ0) is 22.4. The van der Waals surface area contributed by atoms with E-state index >= 15 is 0 Å². The number of ether oxygens (including phenoxy) is 2. The zero-order valence-corrected chi connectivity index (χ0v) is 18.7. The molecule has 0 bridgehead atoms. The minimum absolute atomic E-state index is 0.0648. The van der Waals surface area contributed by atoms with Crippen molar-refractivity contribution in [1.82, 2.24) is 5.32 Å². The number of benzene rings is 2. The van der Waals surface area contributed by atoms with Crippen molar-refractivity contribution < 1.29 is 19.1 Å². The van der Waals surface area contributed by atoms with Crippen molar-refractivity contribution in [2.24, 2.45) is 0 Å². The lowest BCUT2D eigenvalue weighted by Gasteiger charge is -2.23. The topological polar surface area (TPSA) is 79.9 Å². The van der Waals surface area contributed by atoms with Crippen LogP contribution < -0.4 is 25.0 Å². The molecule has 31 heavy (non-hydrogen) atoms. The minimum atomic E-state index is -0.364. The highest BCUT2D eigenvalue weighted by Gasteiger charge is 2.23. The van der Waals surface area contributed by atoms with Crippen LogP contribution in [-0.2, 0) is 0 Å². The number of anilines is 2. The molecule has 2 aromatic rings. The third kappa shape index (κ3) is 5.10. The maximum absolute atomic E-state index is 13.0. The average Bonchev–Trinajstić information content (AvgIpc) is 3.32. The first kappa shape index (κ1) is 22.5. The summed E-state index contributed by atoms with van der Waals surface area (Å²) in [5, 5.41) is 5.93. The van der Waals surface area contributed by atoms with Gasteiger partial charge in [0.1, 0.15) is 17.1 Å². The van der Waals surface area contributed by atoms with Gasteiger partial charge in [0.2, 0.25) is 0 Å². The van der Waals surface area contributed by atoms with Gasteiger partial charge < -0.3 is 25.0 Å². The normalized spacial score (nSPS) is 14.1. The Morgan fingerprint density at radius 1 is 1.03 bits per heavy atom. The van der Waals surface area contributed by atoms with Crippen molar-refractivity contribution in [3.63, 3.8) is 0 Å². The molecule has 2 amide bonds. The Kier molecular flexibility index (Phi) is 7.39. The van der Waals surface area contributed by atoms with E-state index in [2.05, 4.69) is 15.5 Å². The van der Waals surface area contributed by atoms with Gasteiger partial charge in [-0.1, -0.05) is 13.0 Å². The molecule has 7 heteroatoms. The maximum atomic E-state index is 13.0. The molecule has 2 aromatic carbocycles. The number of carbonyl (C=O) groups is 2. The van der Waals surface area contributed by atoms with Gasteiger partial charge in [0.15, 0.2) is 0 Å². The molecule has 0 radical (unpaired) electrons. The summed E-state index contributed by atoms with van der Waals surface area (Å²) >= 11 is 0. The molecule has 166 valence electrons. The molecule has 1 atom stereocenters. The van der Waals surface area contributed by atoms with E-state index < -0.39 is 0 Å². The van der Waals surface area contributed by atoms with Crippen molar-refractivity contribution in [3.05, 3.63) is 47.5 Å². The Bertz CT molecular complexity index is 916. The number of hydrogen-bond acceptors (Lipinski definition) is 5. The largest absolute Gasteiger partial charge is 0.496 e. The van der Waals surface area contributed by atoms with Gasteiger partial charge in [-0.3, -0.25) is 9.59 Å². The Labute approximate surface area is 183 Å². The Morgan fingerprint density at radius 2 is 1.68 bits per heavy atom. The van der Waals surface area contributed by atoms with Gasteiger partial charge in [-0.15, -0.1) is 0 Å². The first-order chi connectivity index (χ1) is 15.0. The molecule has 0 aromatic heterocycles. The molecule has 3 rings (SSSR count). The molecular weight excluding hydrogens is 394 g/mol. The fraction of sp³-hybridized carbons (Fsp3) is 0.417. The van der Waals surface area contributed by atoms with Crippen LogP contribution in [0.1, 0.15) is 53.8 Å². The van der Waals surface area contributed by atoms with Crippen LogP contribution in [0.3, 0.4) is 0 Å². The number of carbonyl (C=O) groups excluding carboxylic acids is 2. The lowest BCUT2D eigenvalue weighted by Crippen LogP contribution is -2.33. The molecule has 1 unspecified atom stereocenters. The number of amides is 2. The third-order valence-electron chi connectivity index (χ3n) is 5.59. The number of rotatable bonds is 8. The quantitative estimate of drug-likeness (QED) is 0.666. The second-order valence-electron chi connectivity index (χ2n) is 7.70. The molecule has 1 aliphatic rings. The number of nitrogens with one attached hydrogen (secondary N) is 2. The summed E-state index contributed by atoms with van der Waals surface area (Å²) in [6, 6.07) is 10.7. The highest BCUT2D eigenvalue weighted by Crippen LogP contribution is 2.31. The summed E-state index contributed by atoms with van der Waals surface area (Å²) in [5.74, 6) is 0.333. The maximum Gasteiger partial charge on any atom is 0.263 e. The van der Waals surface area contributed by atoms with E-state index in [0.29, 0.717) is 28.3 Å². The van der Waals surface area contributed by atoms with Crippen LogP contribution >= 0.6 is 0 Å². The van der Waals surface area contributed by atoms with Gasteiger partial charge in [-0.2, -0.15) is 0 Å². The summed E-state index contributed by atoms with van der Waals surface area (Å²) in [7, 11) is 3.02. The van der Waals surface area contributed by atoms with Crippen molar-refractivity contribution in [2.75, 3.05) is 37.5 Å². The van der Waals surface area contributed by atoms with E-state index in [1.807, 2.05) is 26.0 Å². The van der Waals surface area contributed by atoms with Crippen LogP contribution in [-0.4, -0.2) is 45.2 Å². The minimum Gasteiger partial charge on any atom is -0.496 e. The lowest BCUT2D eigenvalue weighted by molar-refractivity contribution is 0.0938. The van der Waals surface area contributed by atoms with E-state index in [1.165, 1.54) is 14.2 Å². The van der Waals surface area contributed by atoms with E-state index in [1.54, 1.807) is 24.3 Å². The van der Waals surface area contributed by atoms with Crippen LogP contribution in [0.25, 0.3) is 0 Å². The van der Waals surface area contributed by atoms with Crippen LogP contribution in [0.5, 0.6) is 11.5 Å². The summed E-state index contributed by atoms with van der Waals surface area (Å²) in [5.41, 5.74) is 2.30. The second-order valence-corrected chi connectivity index (χ2v) is 7.70. The van der Waals surface area contributed by atoms with Gasteiger partial charge in [-0.05, 0) is 56.5 Å². The van der Waals surface area contributed by atoms with Gasteiger partial charge in [0.25, 0.3) is 11.8 Å². The van der Waals surface area contributed by atoms with Crippen molar-refractivity contribution in [3.8, 4) is 11.5 Å². The lowest BCUT2D eigenvalue weighted by atomic mass is 10.1. The molecule has 1 fully saturated rings. The Hall–Kier alpha value is -3.22. The summed E-state index contributed by atoms with van der Waals surface area (Å²) in [4.78, 5) is 28.3. The molecule has 2 N–H and O–H groups in total. The van der Waals surface area contributed by atoms with Crippen LogP contribution in [0, 0.1) is 0 Å². The highest BCUT2D eigenvalue weighted by molar-refractivity contribution is 6.09. The molecule has 7 nitrogen and oxygen atoms in total. The van der Waals surface area contributed by atoms with Crippen LogP contribution in [0.4, 0.5) is 11.4 Å². The first-order valence-electron chi connectivity index (χ1n) is 10.7. The fourth-order valence-corrected chi connectivity index (χ4v) is 3.70. The van der Waals surface area contributed by atoms with E-state index in [9.17, 15) is 9.59 Å². The van der Waals surface area contributed by atoms with Crippen LogP contribution in [0.2, 0.25) is 0 Å². The molecule has 1 saturated heterocycles. The van der Waals surface area contributed by atoms with E-state index in [0.717, 1.165) is 38.0 Å². The molecule has 0 aliphatic carbocycles. The van der Waals surface area contributed by atoms with Gasteiger partial charge in [0, 0.05) is 30.5 Å². The molecular formula is C24H31N3O4. The van der Waals surface area contributed by atoms with Crippen LogP contribution in [0.15, 0.2) is 36.4 Å².